The number of rotatable bonds is 5. The van der Waals surface area contributed by atoms with Crippen LogP contribution in [0.5, 0.6) is 0 Å². The highest BCUT2D eigenvalue weighted by atomic mass is 32.2. The Morgan fingerprint density at radius 2 is 1.35 bits per heavy atom. The minimum atomic E-state index is -4.40. The molecule has 136 valence electrons. The van der Waals surface area contributed by atoms with Crippen molar-refractivity contribution >= 4 is 16.1 Å². The third kappa shape index (κ3) is 9.91. The summed E-state index contributed by atoms with van der Waals surface area (Å²) < 4.78 is 27.7. The summed E-state index contributed by atoms with van der Waals surface area (Å²) >= 11 is 0. The molecule has 0 bridgehead atoms. The minimum Gasteiger partial charge on any atom is -0.479 e. The molecule has 0 saturated heterocycles. The van der Waals surface area contributed by atoms with Crippen molar-refractivity contribution in [2.45, 2.75) is 82.4 Å². The Bertz CT molecular complexity index is 425. The van der Waals surface area contributed by atoms with Gasteiger partial charge in [-0.1, -0.05) is 38.5 Å². The van der Waals surface area contributed by atoms with Crippen molar-refractivity contribution in [3.05, 3.63) is 0 Å². The van der Waals surface area contributed by atoms with E-state index >= 15 is 0 Å². The number of hydrogen-bond donors (Lipinski definition) is 4. The van der Waals surface area contributed by atoms with Gasteiger partial charge in [0, 0.05) is 12.1 Å². The van der Waals surface area contributed by atoms with Gasteiger partial charge in [0.05, 0.1) is 0 Å². The summed E-state index contributed by atoms with van der Waals surface area (Å²) in [5, 5.41) is 20.1. The lowest BCUT2D eigenvalue weighted by molar-refractivity contribution is -0.145. The number of aliphatic hydroxyl groups is 1. The maximum Gasteiger partial charge on any atom is 0.333 e. The normalized spacial score (nSPS) is 22.0. The lowest BCUT2D eigenvalue weighted by Gasteiger charge is -2.30. The van der Waals surface area contributed by atoms with Crippen LogP contribution in [0, 0.1) is 0 Å². The molecule has 0 unspecified atom stereocenters. The van der Waals surface area contributed by atoms with Crippen molar-refractivity contribution in [1.82, 2.24) is 5.32 Å². The second-order valence-corrected chi connectivity index (χ2v) is 7.94. The van der Waals surface area contributed by atoms with Gasteiger partial charge in [0.25, 0.3) is 10.1 Å². The van der Waals surface area contributed by atoms with E-state index in [0.717, 1.165) is 12.1 Å². The second-order valence-electron chi connectivity index (χ2n) is 6.44. The highest BCUT2D eigenvalue weighted by Crippen LogP contribution is 2.22. The fourth-order valence-corrected chi connectivity index (χ4v) is 3.68. The topological polar surface area (TPSA) is 124 Å². The quantitative estimate of drug-likeness (QED) is 0.554. The molecule has 4 N–H and O–H groups in total. The van der Waals surface area contributed by atoms with E-state index in [1.807, 2.05) is 0 Å². The Kier molecular flexibility index (Phi) is 9.04. The van der Waals surface area contributed by atoms with Crippen molar-refractivity contribution in [1.29, 1.82) is 0 Å². The van der Waals surface area contributed by atoms with E-state index in [9.17, 15) is 13.2 Å². The Hall–Kier alpha value is -0.700. The largest absolute Gasteiger partial charge is 0.479 e. The van der Waals surface area contributed by atoms with E-state index in [1.165, 1.54) is 64.2 Å². The highest BCUT2D eigenvalue weighted by molar-refractivity contribution is 7.85. The van der Waals surface area contributed by atoms with E-state index in [-0.39, 0.29) is 0 Å². The van der Waals surface area contributed by atoms with Gasteiger partial charge in [-0.05, 0) is 25.7 Å². The average Bonchev–Trinajstić information content (AvgIpc) is 2.48. The summed E-state index contributed by atoms with van der Waals surface area (Å²) in [4.78, 5) is 9.75. The van der Waals surface area contributed by atoms with Crippen LogP contribution in [0.1, 0.15) is 64.2 Å². The number of aliphatic hydroxyl groups excluding tert-OH is 1. The third-order valence-corrected chi connectivity index (χ3v) is 5.07. The molecule has 2 saturated carbocycles. The molecule has 0 radical (unpaired) electrons. The summed E-state index contributed by atoms with van der Waals surface area (Å²) in [6, 6.07) is 1.74. The lowest BCUT2D eigenvalue weighted by atomic mass is 9.91. The zero-order valence-corrected chi connectivity index (χ0v) is 14.3. The lowest BCUT2D eigenvalue weighted by Crippen LogP contribution is -2.40. The predicted octanol–water partition coefficient (Wildman–Crippen LogP) is 1.56. The number of carbonyl (C=O) groups is 1. The van der Waals surface area contributed by atoms with Gasteiger partial charge >= 0.3 is 5.97 Å². The van der Waals surface area contributed by atoms with E-state index in [4.69, 9.17) is 14.8 Å². The fraction of sp³-hybridized carbons (Fsp3) is 0.933. The molecule has 1 atom stereocenters. The molecule has 2 rings (SSSR count). The summed E-state index contributed by atoms with van der Waals surface area (Å²) in [5.41, 5.74) is 0. The van der Waals surface area contributed by atoms with Crippen molar-refractivity contribution < 1.29 is 28.0 Å². The van der Waals surface area contributed by atoms with Gasteiger partial charge in [-0.25, -0.2) is 4.79 Å². The molecule has 0 aromatic carbocycles. The Balaban J connectivity index is 0.000000241. The van der Waals surface area contributed by atoms with Crippen molar-refractivity contribution in [2.24, 2.45) is 0 Å². The first-order chi connectivity index (χ1) is 10.8. The monoisotopic (exact) mass is 351 g/mol. The van der Waals surface area contributed by atoms with Gasteiger partial charge in [0.2, 0.25) is 0 Å². The molecule has 8 heteroatoms. The zero-order chi connectivity index (χ0) is 17.3. The van der Waals surface area contributed by atoms with Crippen LogP contribution in [0.2, 0.25) is 0 Å². The van der Waals surface area contributed by atoms with E-state index in [0.29, 0.717) is 0 Å². The number of carboxylic acids is 1. The van der Waals surface area contributed by atoms with E-state index in [1.54, 1.807) is 0 Å². The number of hydrogen-bond acceptors (Lipinski definition) is 5. The molecular weight excluding hydrogens is 322 g/mol. The molecule has 0 aromatic rings. The van der Waals surface area contributed by atoms with Crippen LogP contribution in [0.15, 0.2) is 0 Å². The van der Waals surface area contributed by atoms with Crippen molar-refractivity contribution in [2.75, 3.05) is 5.75 Å². The Morgan fingerprint density at radius 1 is 0.957 bits per heavy atom. The summed E-state index contributed by atoms with van der Waals surface area (Å²) in [6.45, 7) is 0. The van der Waals surface area contributed by atoms with Crippen LogP contribution in [-0.2, 0) is 14.9 Å². The van der Waals surface area contributed by atoms with Crippen LogP contribution in [0.3, 0.4) is 0 Å². The number of carboxylic acid groups (broad SMARTS) is 1. The Morgan fingerprint density at radius 3 is 1.61 bits per heavy atom. The van der Waals surface area contributed by atoms with Crippen LogP contribution in [0.4, 0.5) is 0 Å². The van der Waals surface area contributed by atoms with Crippen molar-refractivity contribution in [3.63, 3.8) is 0 Å². The predicted molar refractivity (Wildman–Crippen MR) is 86.9 cm³/mol. The maximum absolute atomic E-state index is 9.88. The van der Waals surface area contributed by atoms with Gasteiger partial charge < -0.3 is 15.5 Å². The third-order valence-electron chi connectivity index (χ3n) is 4.34. The summed E-state index contributed by atoms with van der Waals surface area (Å²) in [5.74, 6) is -2.86. The molecule has 0 heterocycles. The van der Waals surface area contributed by atoms with Crippen LogP contribution in [0.25, 0.3) is 0 Å². The molecule has 0 amide bonds. The van der Waals surface area contributed by atoms with Gasteiger partial charge in [-0.15, -0.1) is 0 Å². The minimum absolute atomic E-state index is 0.872. The summed E-state index contributed by atoms with van der Waals surface area (Å²) in [6.07, 6.45) is 12.5. The number of nitrogens with one attached hydrogen (secondary N) is 1. The molecular formula is C15H29NO6S. The zero-order valence-electron chi connectivity index (χ0n) is 13.5. The first-order valence-corrected chi connectivity index (χ1v) is 10.0. The molecule has 7 nitrogen and oxygen atoms in total. The van der Waals surface area contributed by atoms with E-state index < -0.39 is 27.9 Å². The van der Waals surface area contributed by atoms with Gasteiger partial charge in [-0.3, -0.25) is 4.55 Å². The average molecular weight is 351 g/mol. The molecule has 23 heavy (non-hydrogen) atoms. The van der Waals surface area contributed by atoms with Crippen LogP contribution < -0.4 is 5.32 Å². The van der Waals surface area contributed by atoms with Crippen LogP contribution >= 0.6 is 0 Å². The SMILES string of the molecule is C1CCC(NC2CCCCC2)CC1.O=C(O)[C@@H](O)CS(=O)(=O)O. The van der Waals surface area contributed by atoms with Gasteiger partial charge in [0.15, 0.2) is 6.10 Å². The van der Waals surface area contributed by atoms with Gasteiger partial charge in [-0.2, -0.15) is 8.42 Å². The smallest absolute Gasteiger partial charge is 0.333 e. The second kappa shape index (κ2) is 10.2. The standard InChI is InChI=1S/C12H23N.C3H6O6S/c1-3-7-11(8-4-1)13-12-9-5-2-6-10-12;4-2(3(5)6)1-10(7,8)9/h11-13H,1-10H2;2,4H,1H2,(H,5,6)(H,7,8,9)/t;2-/m.0/s1. The number of aliphatic carboxylic acids is 1. The highest BCUT2D eigenvalue weighted by Gasteiger charge is 2.20. The van der Waals surface area contributed by atoms with E-state index in [2.05, 4.69) is 5.32 Å². The molecule has 2 aliphatic carbocycles. The maximum atomic E-state index is 9.88. The van der Waals surface area contributed by atoms with Crippen molar-refractivity contribution in [3.8, 4) is 0 Å². The Labute approximate surface area is 138 Å². The fourth-order valence-electron chi connectivity index (χ4n) is 3.14. The molecule has 2 fully saturated rings. The molecule has 2 aliphatic rings. The van der Waals surface area contributed by atoms with Gasteiger partial charge in [0.1, 0.15) is 5.75 Å². The molecule has 0 aromatic heterocycles. The first-order valence-electron chi connectivity index (χ1n) is 8.40. The molecule has 0 spiro atoms. The summed E-state index contributed by atoms with van der Waals surface area (Å²) in [7, 11) is -4.40. The first kappa shape index (κ1) is 20.3. The molecule has 0 aliphatic heterocycles. The van der Waals surface area contributed by atoms with Crippen LogP contribution in [-0.4, -0.2) is 53.1 Å².